The van der Waals surface area contributed by atoms with Gasteiger partial charge in [-0.1, -0.05) is 43.0 Å². The van der Waals surface area contributed by atoms with Crippen molar-refractivity contribution in [2.24, 2.45) is 0 Å². The second-order valence-electron chi connectivity index (χ2n) is 8.32. The molecular formula is C25H26N4O2S2. The van der Waals surface area contributed by atoms with Crippen molar-refractivity contribution in [3.05, 3.63) is 64.1 Å². The summed E-state index contributed by atoms with van der Waals surface area (Å²) in [6, 6.07) is 12.1. The third-order valence-electron chi connectivity index (χ3n) is 6.12. The minimum absolute atomic E-state index is 0.0736. The van der Waals surface area contributed by atoms with Crippen LogP contribution >= 0.6 is 23.1 Å². The fourth-order valence-electron chi connectivity index (χ4n) is 4.21. The molecule has 0 bridgehead atoms. The highest BCUT2D eigenvalue weighted by atomic mass is 32.2. The normalized spacial score (nSPS) is 14.3. The van der Waals surface area contributed by atoms with E-state index in [0.29, 0.717) is 21.9 Å². The monoisotopic (exact) mass is 478 g/mol. The summed E-state index contributed by atoms with van der Waals surface area (Å²) in [5, 5.41) is 1.47. The number of nitrogens with zero attached hydrogens (tertiary/aromatic N) is 4. The number of fused-ring (bicyclic) bond motifs is 3. The molecule has 8 heteroatoms. The van der Waals surface area contributed by atoms with Crippen molar-refractivity contribution >= 4 is 49.4 Å². The van der Waals surface area contributed by atoms with E-state index in [0.717, 1.165) is 48.1 Å². The first-order chi connectivity index (χ1) is 16.1. The van der Waals surface area contributed by atoms with Gasteiger partial charge in [0.25, 0.3) is 5.56 Å². The predicted molar refractivity (Wildman–Crippen MR) is 135 cm³/mol. The van der Waals surface area contributed by atoms with Crippen molar-refractivity contribution in [2.75, 3.05) is 18.8 Å². The van der Waals surface area contributed by atoms with Crippen molar-refractivity contribution in [1.29, 1.82) is 0 Å². The second kappa shape index (κ2) is 9.65. The highest BCUT2D eigenvalue weighted by Gasteiger charge is 2.20. The van der Waals surface area contributed by atoms with Gasteiger partial charge in [-0.3, -0.25) is 14.2 Å². The molecule has 1 aliphatic heterocycles. The van der Waals surface area contributed by atoms with Gasteiger partial charge in [-0.2, -0.15) is 0 Å². The molecule has 170 valence electrons. The maximum absolute atomic E-state index is 13.6. The SMILES string of the molecule is CCc1ccc(Cn2c(SCC(=O)N3CCCCC3)nc3c(sc4ncccc43)c2=O)cc1. The number of amides is 1. The number of likely N-dealkylation sites (tertiary alicyclic amines) is 1. The molecule has 1 fully saturated rings. The molecule has 0 saturated carbocycles. The molecule has 1 amide bonds. The van der Waals surface area contributed by atoms with E-state index in [1.807, 2.05) is 17.0 Å². The van der Waals surface area contributed by atoms with E-state index in [1.165, 1.54) is 35.1 Å². The van der Waals surface area contributed by atoms with Crippen molar-refractivity contribution in [2.45, 2.75) is 44.3 Å². The summed E-state index contributed by atoms with van der Waals surface area (Å²) in [7, 11) is 0. The highest BCUT2D eigenvalue weighted by molar-refractivity contribution is 7.99. The topological polar surface area (TPSA) is 68.1 Å². The number of piperidine rings is 1. The number of benzene rings is 1. The lowest BCUT2D eigenvalue weighted by Gasteiger charge is -2.26. The Balaban J connectivity index is 1.53. The van der Waals surface area contributed by atoms with Crippen LogP contribution in [0.15, 0.2) is 52.5 Å². The molecule has 1 saturated heterocycles. The lowest BCUT2D eigenvalue weighted by molar-refractivity contribution is -0.129. The van der Waals surface area contributed by atoms with Gasteiger partial charge in [0.1, 0.15) is 9.53 Å². The summed E-state index contributed by atoms with van der Waals surface area (Å²) in [5.41, 5.74) is 2.91. The predicted octanol–water partition coefficient (Wildman–Crippen LogP) is 4.72. The maximum Gasteiger partial charge on any atom is 0.272 e. The first kappa shape index (κ1) is 22.1. The molecule has 4 heterocycles. The Hall–Kier alpha value is -2.71. The largest absolute Gasteiger partial charge is 0.342 e. The number of pyridine rings is 1. The third-order valence-corrected chi connectivity index (χ3v) is 8.18. The first-order valence-corrected chi connectivity index (χ1v) is 13.2. The van der Waals surface area contributed by atoms with Crippen LogP contribution in [0.5, 0.6) is 0 Å². The summed E-state index contributed by atoms with van der Waals surface area (Å²) in [6.07, 6.45) is 6.02. The Morgan fingerprint density at radius 3 is 2.61 bits per heavy atom. The zero-order valence-corrected chi connectivity index (χ0v) is 20.3. The van der Waals surface area contributed by atoms with Crippen LogP contribution < -0.4 is 5.56 Å². The number of hydrogen-bond donors (Lipinski definition) is 0. The Morgan fingerprint density at radius 1 is 1.09 bits per heavy atom. The van der Waals surface area contributed by atoms with Gasteiger partial charge < -0.3 is 4.90 Å². The summed E-state index contributed by atoms with van der Waals surface area (Å²) in [4.78, 5) is 38.5. The average molecular weight is 479 g/mol. The van der Waals surface area contributed by atoms with Crippen LogP contribution in [0, 0.1) is 0 Å². The van der Waals surface area contributed by atoms with E-state index in [4.69, 9.17) is 4.98 Å². The van der Waals surface area contributed by atoms with Crippen LogP contribution in [0.2, 0.25) is 0 Å². The molecule has 3 aromatic heterocycles. The number of thiophene rings is 1. The number of rotatable bonds is 6. The van der Waals surface area contributed by atoms with E-state index in [1.54, 1.807) is 10.8 Å². The standard InChI is InChI=1S/C25H26N4O2S2/c1-2-17-8-10-18(11-9-17)15-29-24(31)22-21(19-7-6-12-26-23(19)33-22)27-25(29)32-16-20(30)28-13-4-3-5-14-28/h6-12H,2-5,13-16H2,1H3. The van der Waals surface area contributed by atoms with Crippen LogP contribution in [0.4, 0.5) is 0 Å². The lowest BCUT2D eigenvalue weighted by Crippen LogP contribution is -2.37. The minimum atomic E-state index is -0.0736. The van der Waals surface area contributed by atoms with E-state index >= 15 is 0 Å². The molecule has 5 rings (SSSR count). The first-order valence-electron chi connectivity index (χ1n) is 11.4. The Kier molecular flexibility index (Phi) is 6.46. The van der Waals surface area contributed by atoms with Crippen LogP contribution in [0.25, 0.3) is 20.4 Å². The van der Waals surface area contributed by atoms with E-state index < -0.39 is 0 Å². The smallest absolute Gasteiger partial charge is 0.272 e. The quantitative estimate of drug-likeness (QED) is 0.296. The van der Waals surface area contributed by atoms with Gasteiger partial charge in [0.05, 0.1) is 17.8 Å². The second-order valence-corrected chi connectivity index (χ2v) is 10.3. The van der Waals surface area contributed by atoms with Gasteiger partial charge in [0, 0.05) is 24.7 Å². The Labute approximate surface area is 200 Å². The van der Waals surface area contributed by atoms with Gasteiger partial charge in [-0.15, -0.1) is 11.3 Å². The molecule has 33 heavy (non-hydrogen) atoms. The molecule has 0 radical (unpaired) electrons. The zero-order valence-electron chi connectivity index (χ0n) is 18.6. The summed E-state index contributed by atoms with van der Waals surface area (Å²) in [5.74, 6) is 0.400. The summed E-state index contributed by atoms with van der Waals surface area (Å²) < 4.78 is 2.33. The highest BCUT2D eigenvalue weighted by Crippen LogP contribution is 2.31. The van der Waals surface area contributed by atoms with E-state index in [-0.39, 0.29) is 17.2 Å². The van der Waals surface area contributed by atoms with Gasteiger partial charge >= 0.3 is 0 Å². The van der Waals surface area contributed by atoms with Crippen molar-refractivity contribution < 1.29 is 4.79 Å². The molecule has 0 spiro atoms. The van der Waals surface area contributed by atoms with Crippen LogP contribution in [0.3, 0.4) is 0 Å². The number of aryl methyl sites for hydroxylation is 1. The molecule has 0 atom stereocenters. The maximum atomic E-state index is 13.6. The molecule has 0 aliphatic carbocycles. The number of hydrogen-bond acceptors (Lipinski definition) is 6. The van der Waals surface area contributed by atoms with E-state index in [2.05, 4.69) is 36.2 Å². The zero-order chi connectivity index (χ0) is 22.8. The molecule has 0 N–H and O–H groups in total. The lowest BCUT2D eigenvalue weighted by atomic mass is 10.1. The third kappa shape index (κ3) is 4.54. The molecule has 4 aromatic rings. The average Bonchev–Trinajstić information content (AvgIpc) is 3.24. The van der Waals surface area contributed by atoms with Crippen LogP contribution in [0.1, 0.15) is 37.3 Å². The van der Waals surface area contributed by atoms with Crippen molar-refractivity contribution in [3.63, 3.8) is 0 Å². The summed E-state index contributed by atoms with van der Waals surface area (Å²) >= 11 is 2.75. The van der Waals surface area contributed by atoms with Crippen molar-refractivity contribution in [3.8, 4) is 0 Å². The van der Waals surface area contributed by atoms with Crippen molar-refractivity contribution in [1.82, 2.24) is 19.4 Å². The van der Waals surface area contributed by atoms with E-state index in [9.17, 15) is 9.59 Å². The number of carbonyl (C=O) groups excluding carboxylic acids is 1. The van der Waals surface area contributed by atoms with Gasteiger partial charge in [-0.05, 0) is 48.9 Å². The van der Waals surface area contributed by atoms with Crippen LogP contribution in [-0.2, 0) is 17.8 Å². The fourth-order valence-corrected chi connectivity index (χ4v) is 6.14. The summed E-state index contributed by atoms with van der Waals surface area (Å²) in [6.45, 7) is 4.20. The molecule has 1 aromatic carbocycles. The Morgan fingerprint density at radius 2 is 1.85 bits per heavy atom. The van der Waals surface area contributed by atoms with Crippen LogP contribution in [-0.4, -0.2) is 44.2 Å². The van der Waals surface area contributed by atoms with Gasteiger partial charge in [0.2, 0.25) is 5.91 Å². The minimum Gasteiger partial charge on any atom is -0.342 e. The Bertz CT molecular complexity index is 1350. The molecule has 0 unspecified atom stereocenters. The van der Waals surface area contributed by atoms with Gasteiger partial charge in [0.15, 0.2) is 5.16 Å². The fraction of sp³-hybridized carbons (Fsp3) is 0.360. The number of thioether (sulfide) groups is 1. The molecule has 1 aliphatic rings. The molecule has 6 nitrogen and oxygen atoms in total. The van der Waals surface area contributed by atoms with Gasteiger partial charge in [-0.25, -0.2) is 9.97 Å². The molecular weight excluding hydrogens is 452 g/mol. The number of carbonyl (C=O) groups is 1. The number of aromatic nitrogens is 3.